The molecule has 82 valence electrons. The van der Waals surface area contributed by atoms with Gasteiger partial charge in [-0.2, -0.15) is 0 Å². The lowest BCUT2D eigenvalue weighted by Crippen LogP contribution is -2.17. The zero-order chi connectivity index (χ0) is 11.0. The van der Waals surface area contributed by atoms with Crippen LogP contribution in [0.3, 0.4) is 0 Å². The molecule has 0 aromatic heterocycles. The molecule has 0 heterocycles. The quantitative estimate of drug-likeness (QED) is 0.818. The molecule has 1 saturated carbocycles. The van der Waals surface area contributed by atoms with Gasteiger partial charge in [0.2, 0.25) is 0 Å². The fraction of sp³-hybridized carbons (Fsp3) is 0.538. The van der Waals surface area contributed by atoms with Crippen LogP contribution in [-0.2, 0) is 0 Å². The van der Waals surface area contributed by atoms with Gasteiger partial charge in [-0.15, -0.1) is 0 Å². The standard InChI is InChI=1S/C13H20N2/c1-9(14)12-8-13(12)10-4-6-11(7-5-10)15(2)3/h4-7,9,12-13H,8,14H2,1-3H3. The van der Waals surface area contributed by atoms with E-state index in [1.165, 1.54) is 17.7 Å². The highest BCUT2D eigenvalue weighted by molar-refractivity contribution is 5.47. The van der Waals surface area contributed by atoms with Crippen LogP contribution in [0.25, 0.3) is 0 Å². The van der Waals surface area contributed by atoms with E-state index in [-0.39, 0.29) is 0 Å². The third-order valence-electron chi connectivity index (χ3n) is 3.35. The Morgan fingerprint density at radius 3 is 2.27 bits per heavy atom. The van der Waals surface area contributed by atoms with Crippen LogP contribution in [0.15, 0.2) is 24.3 Å². The van der Waals surface area contributed by atoms with Gasteiger partial charge in [0.1, 0.15) is 0 Å². The molecule has 2 rings (SSSR count). The molecule has 0 aliphatic heterocycles. The van der Waals surface area contributed by atoms with E-state index in [0.29, 0.717) is 17.9 Å². The molecule has 3 unspecified atom stereocenters. The van der Waals surface area contributed by atoms with Gasteiger partial charge in [0.25, 0.3) is 0 Å². The van der Waals surface area contributed by atoms with E-state index in [1.54, 1.807) is 0 Å². The Morgan fingerprint density at radius 2 is 1.87 bits per heavy atom. The molecule has 2 nitrogen and oxygen atoms in total. The van der Waals surface area contributed by atoms with Crippen LogP contribution in [0.4, 0.5) is 5.69 Å². The van der Waals surface area contributed by atoms with Gasteiger partial charge >= 0.3 is 0 Å². The first-order valence-corrected chi connectivity index (χ1v) is 5.62. The summed E-state index contributed by atoms with van der Waals surface area (Å²) in [4.78, 5) is 2.12. The molecule has 1 aliphatic carbocycles. The first-order valence-electron chi connectivity index (χ1n) is 5.62. The third kappa shape index (κ3) is 2.15. The summed E-state index contributed by atoms with van der Waals surface area (Å²) in [5, 5.41) is 0. The summed E-state index contributed by atoms with van der Waals surface area (Å²) in [7, 11) is 4.13. The predicted molar refractivity (Wildman–Crippen MR) is 65.3 cm³/mol. The van der Waals surface area contributed by atoms with Gasteiger partial charge in [0.05, 0.1) is 0 Å². The smallest absolute Gasteiger partial charge is 0.0361 e. The molecule has 0 amide bonds. The number of anilines is 1. The van der Waals surface area contributed by atoms with Crippen LogP contribution in [-0.4, -0.2) is 20.1 Å². The second-order valence-electron chi connectivity index (χ2n) is 4.85. The highest BCUT2D eigenvalue weighted by atomic mass is 15.1. The van der Waals surface area contributed by atoms with Crippen molar-refractivity contribution in [1.82, 2.24) is 0 Å². The van der Waals surface area contributed by atoms with Crippen LogP contribution >= 0.6 is 0 Å². The van der Waals surface area contributed by atoms with Crippen LogP contribution < -0.4 is 10.6 Å². The highest BCUT2D eigenvalue weighted by Crippen LogP contribution is 2.49. The van der Waals surface area contributed by atoms with Crippen molar-refractivity contribution >= 4 is 5.69 Å². The zero-order valence-electron chi connectivity index (χ0n) is 9.77. The van der Waals surface area contributed by atoms with Crippen LogP contribution in [0.1, 0.15) is 24.8 Å². The van der Waals surface area contributed by atoms with Crippen molar-refractivity contribution in [2.24, 2.45) is 11.7 Å². The van der Waals surface area contributed by atoms with E-state index in [2.05, 4.69) is 50.2 Å². The number of benzene rings is 1. The van der Waals surface area contributed by atoms with E-state index < -0.39 is 0 Å². The second kappa shape index (κ2) is 3.86. The molecule has 1 aromatic carbocycles. The van der Waals surface area contributed by atoms with Gasteiger partial charge in [-0.25, -0.2) is 0 Å². The first-order chi connectivity index (χ1) is 7.09. The Hall–Kier alpha value is -1.02. The Labute approximate surface area is 92.1 Å². The number of rotatable bonds is 3. The summed E-state index contributed by atoms with van der Waals surface area (Å²) < 4.78 is 0. The van der Waals surface area contributed by atoms with Gasteiger partial charge < -0.3 is 10.6 Å². The summed E-state index contributed by atoms with van der Waals surface area (Å²) in [6.07, 6.45) is 1.26. The summed E-state index contributed by atoms with van der Waals surface area (Å²) in [6.45, 7) is 2.11. The average Bonchev–Trinajstić information content (AvgIpc) is 2.97. The van der Waals surface area contributed by atoms with Gasteiger partial charge in [-0.3, -0.25) is 0 Å². The zero-order valence-corrected chi connectivity index (χ0v) is 9.77. The monoisotopic (exact) mass is 204 g/mol. The Bertz CT molecular complexity index is 327. The second-order valence-corrected chi connectivity index (χ2v) is 4.85. The van der Waals surface area contributed by atoms with Crippen molar-refractivity contribution in [3.8, 4) is 0 Å². The molecule has 0 spiro atoms. The lowest BCUT2D eigenvalue weighted by atomic mass is 10.1. The van der Waals surface area contributed by atoms with Crippen LogP contribution in [0.2, 0.25) is 0 Å². The minimum Gasteiger partial charge on any atom is -0.378 e. The maximum Gasteiger partial charge on any atom is 0.0361 e. The van der Waals surface area contributed by atoms with Gasteiger partial charge in [0.15, 0.2) is 0 Å². The van der Waals surface area contributed by atoms with E-state index in [9.17, 15) is 0 Å². The summed E-state index contributed by atoms with van der Waals surface area (Å²) >= 11 is 0. The minimum absolute atomic E-state index is 0.337. The molecule has 2 heteroatoms. The lowest BCUT2D eigenvalue weighted by molar-refractivity contribution is 0.631. The summed E-state index contributed by atoms with van der Waals surface area (Å²) in [6, 6.07) is 9.19. The summed E-state index contributed by atoms with van der Waals surface area (Å²) in [5.74, 6) is 1.41. The summed E-state index contributed by atoms with van der Waals surface area (Å²) in [5.41, 5.74) is 8.60. The number of hydrogen-bond donors (Lipinski definition) is 1. The molecule has 1 fully saturated rings. The van der Waals surface area contributed by atoms with E-state index in [4.69, 9.17) is 5.73 Å². The van der Waals surface area contributed by atoms with Crippen molar-refractivity contribution in [2.75, 3.05) is 19.0 Å². The van der Waals surface area contributed by atoms with E-state index in [1.807, 2.05) is 0 Å². The Balaban J connectivity index is 2.06. The number of nitrogens with zero attached hydrogens (tertiary/aromatic N) is 1. The molecular weight excluding hydrogens is 184 g/mol. The van der Waals surface area contributed by atoms with Crippen molar-refractivity contribution in [2.45, 2.75) is 25.3 Å². The van der Waals surface area contributed by atoms with Gasteiger partial charge in [-0.1, -0.05) is 12.1 Å². The highest BCUT2D eigenvalue weighted by Gasteiger charge is 2.40. The lowest BCUT2D eigenvalue weighted by Gasteiger charge is -2.12. The fourth-order valence-corrected chi connectivity index (χ4v) is 2.20. The molecule has 1 aromatic rings. The molecular formula is C13H20N2. The normalized spacial score (nSPS) is 26.1. The van der Waals surface area contributed by atoms with Crippen molar-refractivity contribution < 1.29 is 0 Å². The van der Waals surface area contributed by atoms with E-state index in [0.717, 1.165) is 0 Å². The van der Waals surface area contributed by atoms with Gasteiger partial charge in [0, 0.05) is 25.8 Å². The maximum absolute atomic E-state index is 5.90. The Kier molecular flexibility index (Phi) is 2.70. The number of nitrogens with two attached hydrogens (primary N) is 1. The SMILES string of the molecule is CC(N)C1CC1c1ccc(N(C)C)cc1. The molecule has 0 saturated heterocycles. The van der Waals surface area contributed by atoms with Gasteiger partial charge in [-0.05, 0) is 42.9 Å². The minimum atomic E-state index is 0.337. The van der Waals surface area contributed by atoms with Crippen LogP contribution in [0.5, 0.6) is 0 Å². The first kappa shape index (κ1) is 10.5. The molecule has 0 bridgehead atoms. The Morgan fingerprint density at radius 1 is 1.27 bits per heavy atom. The fourth-order valence-electron chi connectivity index (χ4n) is 2.20. The third-order valence-corrected chi connectivity index (χ3v) is 3.35. The molecule has 1 aliphatic rings. The molecule has 2 N–H and O–H groups in total. The predicted octanol–water partition coefficient (Wildman–Crippen LogP) is 2.20. The molecule has 3 atom stereocenters. The molecule has 0 radical (unpaired) electrons. The largest absolute Gasteiger partial charge is 0.378 e. The average molecular weight is 204 g/mol. The van der Waals surface area contributed by atoms with Crippen molar-refractivity contribution in [3.63, 3.8) is 0 Å². The number of hydrogen-bond acceptors (Lipinski definition) is 2. The molecule has 15 heavy (non-hydrogen) atoms. The van der Waals surface area contributed by atoms with Crippen molar-refractivity contribution in [1.29, 1.82) is 0 Å². The van der Waals surface area contributed by atoms with E-state index >= 15 is 0 Å². The van der Waals surface area contributed by atoms with Crippen LogP contribution in [0, 0.1) is 5.92 Å². The topological polar surface area (TPSA) is 29.3 Å². The maximum atomic E-state index is 5.90. The van der Waals surface area contributed by atoms with Crippen molar-refractivity contribution in [3.05, 3.63) is 29.8 Å².